The first-order chi connectivity index (χ1) is 6.01. The van der Waals surface area contributed by atoms with Crippen molar-refractivity contribution in [3.63, 3.8) is 0 Å². The summed E-state index contributed by atoms with van der Waals surface area (Å²) in [4.78, 5) is 0. The summed E-state index contributed by atoms with van der Waals surface area (Å²) < 4.78 is 0. The number of fused-ring (bicyclic) bond motifs is 1. The summed E-state index contributed by atoms with van der Waals surface area (Å²) in [7, 11) is 0. The Bertz CT molecular complexity index is 288. The van der Waals surface area contributed by atoms with Gasteiger partial charge in [0, 0.05) is 0 Å². The molecule has 0 N–H and O–H groups in total. The van der Waals surface area contributed by atoms with Crippen LogP contribution >= 0.6 is 0 Å². The van der Waals surface area contributed by atoms with E-state index in [0.29, 0.717) is 10.8 Å². The van der Waals surface area contributed by atoms with Crippen molar-refractivity contribution in [3.8, 4) is 0 Å². The maximum Gasteiger partial charge on any atom is -0.0140 e. The van der Waals surface area contributed by atoms with Crippen LogP contribution in [0.1, 0.15) is 46.5 Å². The molecule has 0 amide bonds. The van der Waals surface area contributed by atoms with Gasteiger partial charge in [-0.3, -0.25) is 0 Å². The average Bonchev–Trinajstić information content (AvgIpc) is 2.07. The molecule has 72 valence electrons. The summed E-state index contributed by atoms with van der Waals surface area (Å²) in [5.41, 5.74) is 3.19. The summed E-state index contributed by atoms with van der Waals surface area (Å²) in [6.07, 6.45) is 8.41. The predicted octanol–water partition coefficient (Wildman–Crippen LogP) is 3.78. The Morgan fingerprint density at radius 3 is 2.85 bits per heavy atom. The van der Waals surface area contributed by atoms with E-state index in [1.54, 1.807) is 5.57 Å². The standard InChI is InChI=1S/C13H20/c1-9-4-10-6-13(3)8-12(2,5-9)7-11(10)13/h4,9,11H,5-8H2,1-3H3. The third-order valence-electron chi connectivity index (χ3n) is 4.74. The zero-order valence-electron chi connectivity index (χ0n) is 9.06. The Balaban J connectivity index is 2.04. The first-order valence-corrected chi connectivity index (χ1v) is 5.71. The molecular weight excluding hydrogens is 156 g/mol. The number of rotatable bonds is 0. The van der Waals surface area contributed by atoms with Crippen LogP contribution in [0, 0.1) is 22.7 Å². The number of hydrogen-bond acceptors (Lipinski definition) is 0. The third-order valence-corrected chi connectivity index (χ3v) is 4.74. The third kappa shape index (κ3) is 0.923. The van der Waals surface area contributed by atoms with Crippen molar-refractivity contribution >= 4 is 0 Å². The first kappa shape index (κ1) is 8.08. The van der Waals surface area contributed by atoms with E-state index in [9.17, 15) is 0 Å². The van der Waals surface area contributed by atoms with Crippen LogP contribution in [0.3, 0.4) is 0 Å². The van der Waals surface area contributed by atoms with E-state index in [0.717, 1.165) is 11.8 Å². The van der Waals surface area contributed by atoms with Gasteiger partial charge < -0.3 is 0 Å². The van der Waals surface area contributed by atoms with Gasteiger partial charge >= 0.3 is 0 Å². The van der Waals surface area contributed by atoms with Gasteiger partial charge in [-0.2, -0.15) is 0 Å². The molecule has 3 rings (SSSR count). The lowest BCUT2D eigenvalue weighted by Gasteiger charge is -2.46. The van der Waals surface area contributed by atoms with Crippen molar-refractivity contribution in [2.45, 2.75) is 46.5 Å². The van der Waals surface area contributed by atoms with E-state index in [1.807, 2.05) is 0 Å². The van der Waals surface area contributed by atoms with Gasteiger partial charge in [0.15, 0.2) is 0 Å². The van der Waals surface area contributed by atoms with Crippen LogP contribution in [0.4, 0.5) is 0 Å². The predicted molar refractivity (Wildman–Crippen MR) is 55.4 cm³/mol. The Hall–Kier alpha value is -0.260. The zero-order valence-corrected chi connectivity index (χ0v) is 9.06. The molecule has 4 unspecified atom stereocenters. The van der Waals surface area contributed by atoms with Gasteiger partial charge in [0.05, 0.1) is 0 Å². The van der Waals surface area contributed by atoms with Crippen molar-refractivity contribution in [1.82, 2.24) is 0 Å². The molecule has 0 aromatic heterocycles. The highest BCUT2D eigenvalue weighted by molar-refractivity contribution is 5.30. The van der Waals surface area contributed by atoms with E-state index in [-0.39, 0.29) is 0 Å². The Kier molecular flexibility index (Phi) is 1.27. The Morgan fingerprint density at radius 2 is 2.08 bits per heavy atom. The van der Waals surface area contributed by atoms with Crippen LogP contribution in [0.5, 0.6) is 0 Å². The molecule has 0 nitrogen and oxygen atoms in total. The first-order valence-electron chi connectivity index (χ1n) is 5.71. The molecule has 0 aromatic carbocycles. The molecule has 0 aliphatic heterocycles. The summed E-state index contributed by atoms with van der Waals surface area (Å²) >= 11 is 0. The van der Waals surface area contributed by atoms with Gasteiger partial charge in [-0.05, 0) is 48.3 Å². The lowest BCUT2D eigenvalue weighted by atomic mass is 9.59. The van der Waals surface area contributed by atoms with Gasteiger partial charge in [-0.1, -0.05) is 32.4 Å². The second kappa shape index (κ2) is 2.04. The largest absolute Gasteiger partial charge is 0.0821 e. The van der Waals surface area contributed by atoms with Crippen LogP contribution in [0.25, 0.3) is 0 Å². The maximum absolute atomic E-state index is 2.58. The lowest BCUT2D eigenvalue weighted by Crippen LogP contribution is -2.36. The van der Waals surface area contributed by atoms with Crippen molar-refractivity contribution in [1.29, 1.82) is 0 Å². The van der Waals surface area contributed by atoms with Crippen LogP contribution in [-0.2, 0) is 0 Å². The average molecular weight is 176 g/mol. The fraction of sp³-hybridized carbons (Fsp3) is 0.846. The SMILES string of the molecule is CC1C=C2CC3(C)CC(C)(C1)CC23. The normalized spacial score (nSPS) is 58.2. The minimum absolute atomic E-state index is 0.674. The molecular formula is C13H20. The summed E-state index contributed by atoms with van der Waals surface area (Å²) in [5.74, 6) is 1.82. The van der Waals surface area contributed by atoms with Crippen molar-refractivity contribution in [2.75, 3.05) is 0 Å². The van der Waals surface area contributed by atoms with Gasteiger partial charge in [0.25, 0.3) is 0 Å². The molecule has 2 fully saturated rings. The molecule has 13 heavy (non-hydrogen) atoms. The van der Waals surface area contributed by atoms with Gasteiger partial charge in [0.1, 0.15) is 0 Å². The van der Waals surface area contributed by atoms with Crippen molar-refractivity contribution < 1.29 is 0 Å². The maximum atomic E-state index is 2.58. The molecule has 3 aliphatic carbocycles. The van der Waals surface area contributed by atoms with E-state index in [1.165, 1.54) is 25.7 Å². The molecule has 2 bridgehead atoms. The van der Waals surface area contributed by atoms with Gasteiger partial charge in [-0.15, -0.1) is 0 Å². The van der Waals surface area contributed by atoms with E-state index in [2.05, 4.69) is 26.8 Å². The second-order valence-electron chi connectivity index (χ2n) is 6.50. The van der Waals surface area contributed by atoms with Gasteiger partial charge in [-0.25, -0.2) is 0 Å². The van der Waals surface area contributed by atoms with Crippen LogP contribution in [-0.4, -0.2) is 0 Å². The summed E-state index contributed by atoms with van der Waals surface area (Å²) in [6.45, 7) is 7.43. The molecule has 4 atom stereocenters. The topological polar surface area (TPSA) is 0 Å². The van der Waals surface area contributed by atoms with Crippen LogP contribution in [0.15, 0.2) is 11.6 Å². The quantitative estimate of drug-likeness (QED) is 0.493. The monoisotopic (exact) mass is 176 g/mol. The number of allylic oxidation sites excluding steroid dienone is 2. The van der Waals surface area contributed by atoms with Gasteiger partial charge in [0.2, 0.25) is 0 Å². The number of hydrogen-bond donors (Lipinski definition) is 0. The molecule has 0 aromatic rings. The van der Waals surface area contributed by atoms with Crippen molar-refractivity contribution in [3.05, 3.63) is 11.6 Å². The highest BCUT2D eigenvalue weighted by atomic mass is 14.6. The Morgan fingerprint density at radius 1 is 1.31 bits per heavy atom. The summed E-state index contributed by atoms with van der Waals surface area (Å²) in [5, 5.41) is 0. The molecule has 2 saturated carbocycles. The molecule has 3 aliphatic rings. The minimum atomic E-state index is 0.674. The molecule has 0 spiro atoms. The fourth-order valence-electron chi connectivity index (χ4n) is 4.66. The lowest BCUT2D eigenvalue weighted by molar-refractivity contribution is 0.150. The van der Waals surface area contributed by atoms with E-state index < -0.39 is 0 Å². The summed E-state index contributed by atoms with van der Waals surface area (Å²) in [6, 6.07) is 0. The van der Waals surface area contributed by atoms with E-state index in [4.69, 9.17) is 0 Å². The second-order valence-corrected chi connectivity index (χ2v) is 6.50. The van der Waals surface area contributed by atoms with Crippen LogP contribution in [0.2, 0.25) is 0 Å². The fourth-order valence-corrected chi connectivity index (χ4v) is 4.66. The minimum Gasteiger partial charge on any atom is -0.0821 e. The van der Waals surface area contributed by atoms with E-state index >= 15 is 0 Å². The highest BCUT2D eigenvalue weighted by Gasteiger charge is 2.58. The molecule has 0 heterocycles. The zero-order chi connectivity index (χ0) is 9.27. The molecule has 0 saturated heterocycles. The molecule has 0 radical (unpaired) electrons. The Labute approximate surface area is 81.4 Å². The highest BCUT2D eigenvalue weighted by Crippen LogP contribution is 2.68. The van der Waals surface area contributed by atoms with Crippen LogP contribution < -0.4 is 0 Å². The smallest absolute Gasteiger partial charge is 0.0140 e. The molecule has 0 heteroatoms. The van der Waals surface area contributed by atoms with Crippen molar-refractivity contribution in [2.24, 2.45) is 22.7 Å².